The van der Waals surface area contributed by atoms with E-state index in [4.69, 9.17) is 4.74 Å². The average molecular weight is 209 g/mol. The SMILES string of the molecule is O=C(CC1CCOC1)c1ccncc1F. The molecule has 0 spiro atoms. The molecule has 3 nitrogen and oxygen atoms in total. The van der Waals surface area contributed by atoms with Gasteiger partial charge in [-0.05, 0) is 18.4 Å². The predicted molar refractivity (Wildman–Crippen MR) is 52.1 cm³/mol. The van der Waals surface area contributed by atoms with Crippen LogP contribution in [0.4, 0.5) is 4.39 Å². The Morgan fingerprint density at radius 2 is 2.53 bits per heavy atom. The van der Waals surface area contributed by atoms with Gasteiger partial charge in [0.15, 0.2) is 11.6 Å². The molecule has 0 saturated carbocycles. The number of rotatable bonds is 3. The molecule has 0 N–H and O–H groups in total. The molecule has 1 saturated heterocycles. The molecular formula is C11H12FNO2. The molecule has 15 heavy (non-hydrogen) atoms. The van der Waals surface area contributed by atoms with E-state index in [1.54, 1.807) is 0 Å². The van der Waals surface area contributed by atoms with Gasteiger partial charge in [-0.3, -0.25) is 9.78 Å². The molecule has 0 bridgehead atoms. The number of hydrogen-bond donors (Lipinski definition) is 0. The first kappa shape index (κ1) is 10.2. The topological polar surface area (TPSA) is 39.2 Å². The molecule has 0 aromatic carbocycles. The van der Waals surface area contributed by atoms with Crippen LogP contribution >= 0.6 is 0 Å². The first-order valence-corrected chi connectivity index (χ1v) is 4.98. The van der Waals surface area contributed by atoms with Gasteiger partial charge < -0.3 is 4.74 Å². The van der Waals surface area contributed by atoms with Crippen LogP contribution in [0.2, 0.25) is 0 Å². The maximum absolute atomic E-state index is 13.2. The van der Waals surface area contributed by atoms with Gasteiger partial charge in [-0.1, -0.05) is 0 Å². The van der Waals surface area contributed by atoms with E-state index < -0.39 is 5.82 Å². The number of ketones is 1. The zero-order valence-corrected chi connectivity index (χ0v) is 8.28. The smallest absolute Gasteiger partial charge is 0.166 e. The number of nitrogens with zero attached hydrogens (tertiary/aromatic N) is 1. The van der Waals surface area contributed by atoms with Crippen LogP contribution in [-0.2, 0) is 4.74 Å². The molecule has 80 valence electrons. The van der Waals surface area contributed by atoms with Gasteiger partial charge in [0.05, 0.1) is 11.8 Å². The number of ether oxygens (including phenoxy) is 1. The van der Waals surface area contributed by atoms with Crippen molar-refractivity contribution in [1.82, 2.24) is 4.98 Å². The standard InChI is InChI=1S/C11H12FNO2/c12-10-6-13-3-1-9(10)11(14)5-8-2-4-15-7-8/h1,3,6,8H,2,4-5,7H2. The van der Waals surface area contributed by atoms with Crippen molar-refractivity contribution >= 4 is 5.78 Å². The van der Waals surface area contributed by atoms with Crippen LogP contribution in [-0.4, -0.2) is 24.0 Å². The van der Waals surface area contributed by atoms with Crippen LogP contribution < -0.4 is 0 Å². The van der Waals surface area contributed by atoms with Crippen LogP contribution in [0.15, 0.2) is 18.5 Å². The molecule has 1 aliphatic rings. The van der Waals surface area contributed by atoms with Gasteiger partial charge in [0.1, 0.15) is 0 Å². The average Bonchev–Trinajstić information content (AvgIpc) is 2.71. The lowest BCUT2D eigenvalue weighted by molar-refractivity contribution is 0.0948. The Balaban J connectivity index is 2.04. The predicted octanol–water partition coefficient (Wildman–Crippen LogP) is 1.83. The summed E-state index contributed by atoms with van der Waals surface area (Å²) in [6, 6.07) is 1.42. The minimum atomic E-state index is -0.540. The Morgan fingerprint density at radius 3 is 3.20 bits per heavy atom. The maximum atomic E-state index is 13.2. The summed E-state index contributed by atoms with van der Waals surface area (Å²) in [5, 5.41) is 0. The van der Waals surface area contributed by atoms with Gasteiger partial charge in [-0.25, -0.2) is 4.39 Å². The molecule has 0 aliphatic carbocycles. The van der Waals surface area contributed by atoms with Crippen molar-refractivity contribution in [1.29, 1.82) is 0 Å². The van der Waals surface area contributed by atoms with E-state index in [2.05, 4.69) is 4.98 Å². The normalized spacial score (nSPS) is 20.5. The van der Waals surface area contributed by atoms with Crippen LogP contribution in [0.25, 0.3) is 0 Å². The van der Waals surface area contributed by atoms with Crippen molar-refractivity contribution in [2.75, 3.05) is 13.2 Å². The number of carbonyl (C=O) groups is 1. The van der Waals surface area contributed by atoms with Crippen molar-refractivity contribution in [3.8, 4) is 0 Å². The van der Waals surface area contributed by atoms with Gasteiger partial charge in [-0.15, -0.1) is 0 Å². The van der Waals surface area contributed by atoms with Crippen molar-refractivity contribution in [3.63, 3.8) is 0 Å². The molecule has 0 amide bonds. The second-order valence-corrected chi connectivity index (χ2v) is 3.71. The number of halogens is 1. The third-order valence-electron chi connectivity index (χ3n) is 2.57. The molecule has 1 aromatic heterocycles. The van der Waals surface area contributed by atoms with Gasteiger partial charge >= 0.3 is 0 Å². The molecule has 1 unspecified atom stereocenters. The molecule has 1 atom stereocenters. The number of Topliss-reactive ketones (excluding diaryl/α,β-unsaturated/α-hetero) is 1. The highest BCUT2D eigenvalue weighted by Gasteiger charge is 2.21. The van der Waals surface area contributed by atoms with E-state index in [-0.39, 0.29) is 17.3 Å². The van der Waals surface area contributed by atoms with E-state index in [0.717, 1.165) is 12.6 Å². The van der Waals surface area contributed by atoms with Crippen molar-refractivity contribution in [2.45, 2.75) is 12.8 Å². The number of aromatic nitrogens is 1. The fraction of sp³-hybridized carbons (Fsp3) is 0.455. The summed E-state index contributed by atoms with van der Waals surface area (Å²) in [6.07, 6.45) is 3.75. The first-order valence-electron chi connectivity index (χ1n) is 4.98. The number of carbonyl (C=O) groups excluding carboxylic acids is 1. The highest BCUT2D eigenvalue weighted by molar-refractivity contribution is 5.96. The monoisotopic (exact) mass is 209 g/mol. The fourth-order valence-corrected chi connectivity index (χ4v) is 1.72. The Kier molecular flexibility index (Phi) is 3.06. The van der Waals surface area contributed by atoms with Gasteiger partial charge in [0.2, 0.25) is 0 Å². The Labute approximate surface area is 87.3 Å². The van der Waals surface area contributed by atoms with Crippen molar-refractivity contribution in [3.05, 3.63) is 29.8 Å². The number of pyridine rings is 1. The van der Waals surface area contributed by atoms with Crippen LogP contribution in [0.5, 0.6) is 0 Å². The molecule has 2 heterocycles. The lowest BCUT2D eigenvalue weighted by Crippen LogP contribution is -2.10. The summed E-state index contributed by atoms with van der Waals surface area (Å²) in [5.41, 5.74) is 0.136. The Morgan fingerprint density at radius 1 is 1.67 bits per heavy atom. The fourth-order valence-electron chi connectivity index (χ4n) is 1.72. The van der Waals surface area contributed by atoms with Gasteiger partial charge in [0, 0.05) is 25.8 Å². The summed E-state index contributed by atoms with van der Waals surface area (Å²) in [7, 11) is 0. The molecular weight excluding hydrogens is 197 g/mol. The van der Waals surface area contributed by atoms with E-state index in [1.165, 1.54) is 12.3 Å². The Hall–Kier alpha value is -1.29. The van der Waals surface area contributed by atoms with E-state index >= 15 is 0 Å². The van der Waals surface area contributed by atoms with Crippen molar-refractivity contribution < 1.29 is 13.9 Å². The molecule has 1 aliphatic heterocycles. The van der Waals surface area contributed by atoms with Crippen molar-refractivity contribution in [2.24, 2.45) is 5.92 Å². The highest BCUT2D eigenvalue weighted by Crippen LogP contribution is 2.19. The lowest BCUT2D eigenvalue weighted by atomic mass is 9.98. The van der Waals surface area contributed by atoms with Crippen LogP contribution in [0.1, 0.15) is 23.2 Å². The van der Waals surface area contributed by atoms with E-state index in [1.807, 2.05) is 0 Å². The third-order valence-corrected chi connectivity index (χ3v) is 2.57. The molecule has 1 fully saturated rings. The third kappa shape index (κ3) is 2.39. The minimum absolute atomic E-state index is 0.136. The van der Waals surface area contributed by atoms with Crippen LogP contribution in [0.3, 0.4) is 0 Å². The molecule has 4 heteroatoms. The Bertz CT molecular complexity index is 361. The second-order valence-electron chi connectivity index (χ2n) is 3.71. The molecule has 0 radical (unpaired) electrons. The summed E-state index contributed by atoms with van der Waals surface area (Å²) < 4.78 is 18.4. The largest absolute Gasteiger partial charge is 0.381 e. The molecule has 1 aromatic rings. The zero-order valence-electron chi connectivity index (χ0n) is 8.28. The number of hydrogen-bond acceptors (Lipinski definition) is 3. The highest BCUT2D eigenvalue weighted by atomic mass is 19.1. The summed E-state index contributed by atoms with van der Waals surface area (Å²) >= 11 is 0. The van der Waals surface area contributed by atoms with Gasteiger partial charge in [-0.2, -0.15) is 0 Å². The lowest BCUT2D eigenvalue weighted by Gasteiger charge is -2.06. The molecule has 2 rings (SSSR count). The summed E-state index contributed by atoms with van der Waals surface area (Å²) in [5.74, 6) is -0.461. The quantitative estimate of drug-likeness (QED) is 0.713. The second kappa shape index (κ2) is 4.49. The van der Waals surface area contributed by atoms with Gasteiger partial charge in [0.25, 0.3) is 0 Å². The first-order chi connectivity index (χ1) is 7.27. The minimum Gasteiger partial charge on any atom is -0.381 e. The maximum Gasteiger partial charge on any atom is 0.166 e. The summed E-state index contributed by atoms with van der Waals surface area (Å²) in [4.78, 5) is 15.3. The summed E-state index contributed by atoms with van der Waals surface area (Å²) in [6.45, 7) is 1.31. The van der Waals surface area contributed by atoms with Crippen LogP contribution in [0, 0.1) is 11.7 Å². The zero-order chi connectivity index (χ0) is 10.7. The van der Waals surface area contributed by atoms with E-state index in [9.17, 15) is 9.18 Å². The van der Waals surface area contributed by atoms with E-state index in [0.29, 0.717) is 19.6 Å².